The number of hydrogen-bond donors (Lipinski definition) is 2. The summed E-state index contributed by atoms with van der Waals surface area (Å²) in [6, 6.07) is 8.78. The first kappa shape index (κ1) is 27.1. The molecule has 1 saturated heterocycles. The molecule has 216 valence electrons. The number of benzene rings is 2. The maximum atomic E-state index is 15.6. The van der Waals surface area contributed by atoms with E-state index in [0.29, 0.717) is 48.0 Å². The maximum absolute atomic E-state index is 15.6. The lowest BCUT2D eigenvalue weighted by molar-refractivity contribution is -0.129. The minimum atomic E-state index is -0.862. The first-order valence-corrected chi connectivity index (χ1v) is 13.4. The highest BCUT2D eigenvalue weighted by Gasteiger charge is 2.28. The number of carbonyl (C=O) groups is 3. The average molecular weight is 574 g/mol. The number of hydrogen-bond acceptors (Lipinski definition) is 8. The van der Waals surface area contributed by atoms with Crippen LogP contribution in [0, 0.1) is 5.82 Å². The summed E-state index contributed by atoms with van der Waals surface area (Å²) in [5.41, 5.74) is 8.42. The van der Waals surface area contributed by atoms with Gasteiger partial charge in [0.05, 0.1) is 29.5 Å². The molecule has 13 nitrogen and oxygen atoms in total. The standard InChI is InChI=1S/C28H28FN9O4/c1-15(39)37-8-6-16(7-9-37)26-25-18(19-11-22-17(10-20(19)29)12-32-36(22)2)4-3-5-21(25)38(34-26)14-24(40)31-13-23-33-28(27(30)41)42-35-23/h3-5,10-12,16H,6-9,13-14H2,1-2H3,(H2,30,41)(H,31,40). The molecular formula is C28H28FN9O4. The van der Waals surface area contributed by atoms with Gasteiger partial charge in [-0.2, -0.15) is 15.2 Å². The predicted molar refractivity (Wildman–Crippen MR) is 148 cm³/mol. The highest BCUT2D eigenvalue weighted by atomic mass is 19.1. The third-order valence-corrected chi connectivity index (χ3v) is 7.67. The number of fused-ring (bicyclic) bond motifs is 2. The van der Waals surface area contributed by atoms with Crippen molar-refractivity contribution in [1.29, 1.82) is 0 Å². The van der Waals surface area contributed by atoms with Gasteiger partial charge in [0.25, 0.3) is 0 Å². The lowest BCUT2D eigenvalue weighted by Crippen LogP contribution is -2.36. The molecular weight excluding hydrogens is 545 g/mol. The third-order valence-electron chi connectivity index (χ3n) is 7.67. The van der Waals surface area contributed by atoms with Gasteiger partial charge < -0.3 is 20.5 Å². The number of piperidine rings is 1. The number of aromatic nitrogens is 6. The second-order valence-corrected chi connectivity index (χ2v) is 10.3. The molecule has 0 bridgehead atoms. The summed E-state index contributed by atoms with van der Waals surface area (Å²) in [6.07, 6.45) is 3.00. The zero-order chi connectivity index (χ0) is 29.5. The van der Waals surface area contributed by atoms with E-state index in [1.807, 2.05) is 23.1 Å². The molecule has 14 heteroatoms. The Morgan fingerprint density at radius 3 is 2.64 bits per heavy atom. The number of amides is 3. The van der Waals surface area contributed by atoms with E-state index in [1.165, 1.54) is 6.07 Å². The SMILES string of the molecule is CC(=O)N1CCC(c2nn(CC(=O)NCc3noc(C(N)=O)n3)c3cccc(-c4cc5c(cnn5C)cc4F)c23)CC1. The minimum Gasteiger partial charge on any atom is -0.361 e. The lowest BCUT2D eigenvalue weighted by Gasteiger charge is -2.30. The topological polar surface area (TPSA) is 167 Å². The van der Waals surface area contributed by atoms with Crippen molar-refractivity contribution in [3.05, 3.63) is 59.8 Å². The molecule has 0 aliphatic carbocycles. The summed E-state index contributed by atoms with van der Waals surface area (Å²) < 4.78 is 23.6. The van der Waals surface area contributed by atoms with Crippen molar-refractivity contribution in [2.45, 2.75) is 38.8 Å². The number of carbonyl (C=O) groups excluding carboxylic acids is 3. The summed E-state index contributed by atoms with van der Waals surface area (Å²) >= 11 is 0. The Bertz CT molecular complexity index is 1850. The molecule has 3 N–H and O–H groups in total. The molecule has 1 fully saturated rings. The van der Waals surface area contributed by atoms with Gasteiger partial charge in [0.15, 0.2) is 5.82 Å². The van der Waals surface area contributed by atoms with Crippen molar-refractivity contribution >= 4 is 39.5 Å². The van der Waals surface area contributed by atoms with Crippen molar-refractivity contribution in [1.82, 2.24) is 39.9 Å². The Morgan fingerprint density at radius 2 is 1.93 bits per heavy atom. The van der Waals surface area contributed by atoms with Crippen LogP contribution in [0.5, 0.6) is 0 Å². The largest absolute Gasteiger partial charge is 0.361 e. The predicted octanol–water partition coefficient (Wildman–Crippen LogP) is 2.25. The first-order chi connectivity index (χ1) is 20.2. The fourth-order valence-electron chi connectivity index (χ4n) is 5.53. The molecule has 5 aromatic rings. The zero-order valence-corrected chi connectivity index (χ0v) is 23.0. The molecule has 6 rings (SSSR count). The van der Waals surface area contributed by atoms with Crippen LogP contribution in [-0.2, 0) is 29.7 Å². The van der Waals surface area contributed by atoms with Crippen molar-refractivity contribution in [2.75, 3.05) is 13.1 Å². The van der Waals surface area contributed by atoms with E-state index in [2.05, 4.69) is 20.6 Å². The van der Waals surface area contributed by atoms with Gasteiger partial charge in [0.1, 0.15) is 12.4 Å². The number of aryl methyl sites for hydroxylation is 1. The molecule has 1 aliphatic rings. The van der Waals surface area contributed by atoms with Gasteiger partial charge in [-0.05, 0) is 36.6 Å². The van der Waals surface area contributed by atoms with Crippen LogP contribution in [0.2, 0.25) is 0 Å². The van der Waals surface area contributed by atoms with E-state index in [9.17, 15) is 14.4 Å². The van der Waals surface area contributed by atoms with Crippen LogP contribution in [-0.4, -0.2) is 65.4 Å². The number of rotatable bonds is 7. The van der Waals surface area contributed by atoms with E-state index < -0.39 is 5.91 Å². The van der Waals surface area contributed by atoms with Gasteiger partial charge >= 0.3 is 11.8 Å². The van der Waals surface area contributed by atoms with Crippen LogP contribution in [0.15, 0.2) is 41.1 Å². The highest BCUT2D eigenvalue weighted by Crippen LogP contribution is 2.39. The first-order valence-electron chi connectivity index (χ1n) is 13.4. The molecule has 3 aromatic heterocycles. The molecule has 4 heterocycles. The van der Waals surface area contributed by atoms with Crippen molar-refractivity contribution in [2.24, 2.45) is 12.8 Å². The summed E-state index contributed by atoms with van der Waals surface area (Å²) in [5.74, 6) is -1.84. The van der Waals surface area contributed by atoms with Gasteiger partial charge in [-0.15, -0.1) is 0 Å². The Balaban J connectivity index is 1.37. The molecule has 0 unspecified atom stereocenters. The van der Waals surface area contributed by atoms with Gasteiger partial charge in [-0.3, -0.25) is 23.7 Å². The number of likely N-dealkylation sites (tertiary alicyclic amines) is 1. The lowest BCUT2D eigenvalue weighted by atomic mass is 9.89. The van der Waals surface area contributed by atoms with E-state index in [1.54, 1.807) is 35.6 Å². The van der Waals surface area contributed by atoms with Crippen molar-refractivity contribution < 1.29 is 23.3 Å². The van der Waals surface area contributed by atoms with Gasteiger partial charge in [-0.1, -0.05) is 17.3 Å². The van der Waals surface area contributed by atoms with Crippen LogP contribution in [0.25, 0.3) is 32.9 Å². The molecule has 0 spiro atoms. The number of primary amides is 1. The van der Waals surface area contributed by atoms with Gasteiger partial charge in [0.2, 0.25) is 11.8 Å². The van der Waals surface area contributed by atoms with E-state index in [4.69, 9.17) is 15.4 Å². The summed E-state index contributed by atoms with van der Waals surface area (Å²) in [6.45, 7) is 2.53. The monoisotopic (exact) mass is 573 g/mol. The number of halogens is 1. The second kappa shape index (κ2) is 10.7. The van der Waals surface area contributed by atoms with E-state index in [0.717, 1.165) is 16.6 Å². The molecule has 1 aliphatic heterocycles. The average Bonchev–Trinajstić information content (AvgIpc) is 3.69. The number of nitrogens with two attached hydrogens (primary N) is 1. The summed E-state index contributed by atoms with van der Waals surface area (Å²) in [7, 11) is 1.80. The normalized spacial score (nSPS) is 14.1. The summed E-state index contributed by atoms with van der Waals surface area (Å²) in [4.78, 5) is 41.8. The van der Waals surface area contributed by atoms with E-state index >= 15 is 4.39 Å². The van der Waals surface area contributed by atoms with E-state index in [-0.39, 0.29) is 48.4 Å². The number of nitrogens with zero attached hydrogens (tertiary/aromatic N) is 7. The van der Waals surface area contributed by atoms with Gasteiger partial charge in [0, 0.05) is 49.3 Å². The third kappa shape index (κ3) is 4.95. The molecule has 42 heavy (non-hydrogen) atoms. The van der Waals surface area contributed by atoms with Gasteiger partial charge in [-0.25, -0.2) is 4.39 Å². The van der Waals surface area contributed by atoms with Crippen LogP contribution in [0.1, 0.15) is 47.9 Å². The number of nitrogens with one attached hydrogen (secondary N) is 1. The quantitative estimate of drug-likeness (QED) is 0.299. The zero-order valence-electron chi connectivity index (χ0n) is 23.0. The molecule has 0 saturated carbocycles. The molecule has 0 radical (unpaired) electrons. The highest BCUT2D eigenvalue weighted by molar-refractivity contribution is 6.00. The molecule has 2 aromatic carbocycles. The fourth-order valence-corrected chi connectivity index (χ4v) is 5.53. The maximum Gasteiger partial charge on any atom is 0.315 e. The van der Waals surface area contributed by atoms with Crippen LogP contribution in [0.3, 0.4) is 0 Å². The summed E-state index contributed by atoms with van der Waals surface area (Å²) in [5, 5.41) is 16.9. The Kier molecular flexibility index (Phi) is 6.88. The second-order valence-electron chi connectivity index (χ2n) is 10.3. The molecule has 3 amide bonds. The molecule has 0 atom stereocenters. The fraction of sp³-hybridized carbons (Fsp3) is 0.321. The smallest absolute Gasteiger partial charge is 0.315 e. The van der Waals surface area contributed by atoms with Crippen LogP contribution < -0.4 is 11.1 Å². The minimum absolute atomic E-state index is 0.00334. The van der Waals surface area contributed by atoms with Crippen LogP contribution in [0.4, 0.5) is 4.39 Å². The Labute approximate surface area is 238 Å². The van der Waals surface area contributed by atoms with Crippen molar-refractivity contribution in [3.63, 3.8) is 0 Å². The Morgan fingerprint density at radius 1 is 1.14 bits per heavy atom. The Hall–Kier alpha value is -5.14. The van der Waals surface area contributed by atoms with Crippen LogP contribution >= 0.6 is 0 Å². The van der Waals surface area contributed by atoms with Crippen molar-refractivity contribution in [3.8, 4) is 11.1 Å².